The lowest BCUT2D eigenvalue weighted by Crippen LogP contribution is -2.23. The second-order valence-electron chi connectivity index (χ2n) is 8.21. The number of hydrogen-bond acceptors (Lipinski definition) is 0. The summed E-state index contributed by atoms with van der Waals surface area (Å²) in [5, 5.41) is -2.41. The third-order valence-electron chi connectivity index (χ3n) is 4.98. The summed E-state index contributed by atoms with van der Waals surface area (Å²) in [4.78, 5) is -1.53. The zero-order valence-corrected chi connectivity index (χ0v) is 15.0. The molecule has 0 atom stereocenters. The van der Waals surface area contributed by atoms with E-state index >= 15 is 0 Å². The molecule has 22 heavy (non-hydrogen) atoms. The molecular weight excluding hydrogens is 344 g/mol. The summed E-state index contributed by atoms with van der Waals surface area (Å²) in [6.07, 6.45) is -9.73. The zero-order valence-electron chi connectivity index (χ0n) is 13.2. The molecule has 8 heteroatoms. The predicted octanol–water partition coefficient (Wildman–Crippen LogP) is 6.81. The largest absolute Gasteiger partial charge is 0.417 e. The summed E-state index contributed by atoms with van der Waals surface area (Å²) in [5.41, 5.74) is -1.08. The number of hydrogen-bond donors (Lipinski definition) is 0. The van der Waals surface area contributed by atoms with Crippen molar-refractivity contribution >= 4 is 15.8 Å². The molecule has 0 aromatic carbocycles. The minimum atomic E-state index is -4.87. The van der Waals surface area contributed by atoms with Gasteiger partial charge in [0.15, 0.2) is 0 Å². The predicted molar refractivity (Wildman–Crippen MR) is 77.3 cm³/mol. The van der Waals surface area contributed by atoms with E-state index in [0.29, 0.717) is 0 Å². The SMILES string of the molecule is CC(C)(C)C12P3C(C(F)(F)F)=C(C(F)(F)F)P1C32C(C)(C)C. The maximum absolute atomic E-state index is 13.4. The molecule has 4 rings (SSSR count). The van der Waals surface area contributed by atoms with Crippen molar-refractivity contribution in [3.05, 3.63) is 10.6 Å². The summed E-state index contributed by atoms with van der Waals surface area (Å²) in [7, 11) is -3.55. The molecule has 0 aromatic rings. The lowest BCUT2D eigenvalue weighted by molar-refractivity contribution is -0.104. The Morgan fingerprint density at radius 2 is 0.818 bits per heavy atom. The van der Waals surface area contributed by atoms with Crippen LogP contribution in [0.15, 0.2) is 10.6 Å². The average Bonchev–Trinajstić information content (AvgIpc) is 2.88. The second kappa shape index (κ2) is 3.72. The molecule has 0 amide bonds. The van der Waals surface area contributed by atoms with Crippen LogP contribution >= 0.6 is 15.8 Å². The Morgan fingerprint density at radius 1 is 0.591 bits per heavy atom. The van der Waals surface area contributed by atoms with E-state index in [-0.39, 0.29) is 0 Å². The Balaban J connectivity index is 2.22. The van der Waals surface area contributed by atoms with Gasteiger partial charge in [-0.25, -0.2) is 0 Å². The van der Waals surface area contributed by atoms with Crippen LogP contribution in [0.25, 0.3) is 0 Å². The van der Waals surface area contributed by atoms with E-state index in [4.69, 9.17) is 0 Å². The van der Waals surface area contributed by atoms with Gasteiger partial charge in [0, 0.05) is 9.79 Å². The lowest BCUT2D eigenvalue weighted by atomic mass is 9.81. The summed E-state index contributed by atoms with van der Waals surface area (Å²) in [5.74, 6) is 0. The van der Waals surface area contributed by atoms with E-state index in [1.165, 1.54) is 0 Å². The van der Waals surface area contributed by atoms with Crippen molar-refractivity contribution in [2.45, 2.75) is 63.7 Å². The molecule has 0 unspecified atom stereocenters. The molecule has 4 aliphatic rings. The Kier molecular flexibility index (Phi) is 2.87. The molecule has 4 heterocycles. The fourth-order valence-electron chi connectivity index (χ4n) is 4.60. The van der Waals surface area contributed by atoms with Gasteiger partial charge in [0.2, 0.25) is 0 Å². The van der Waals surface area contributed by atoms with E-state index in [1.54, 1.807) is 41.5 Å². The lowest BCUT2D eigenvalue weighted by Gasteiger charge is -2.28. The van der Waals surface area contributed by atoms with Crippen LogP contribution < -0.4 is 0 Å². The first kappa shape index (κ1) is 17.0. The van der Waals surface area contributed by atoms with E-state index < -0.39 is 59.4 Å². The average molecular weight is 362 g/mol. The molecule has 0 spiro atoms. The highest BCUT2D eigenvalue weighted by Crippen LogP contribution is 3.30. The van der Waals surface area contributed by atoms with Crippen LogP contribution in [-0.2, 0) is 0 Å². The molecule has 0 nitrogen and oxygen atoms in total. The molecule has 0 radical (unpaired) electrons. The van der Waals surface area contributed by atoms with E-state index in [2.05, 4.69) is 0 Å². The first-order chi connectivity index (χ1) is 9.48. The maximum atomic E-state index is 13.4. The van der Waals surface area contributed by atoms with Gasteiger partial charge in [-0.3, -0.25) is 0 Å². The third kappa shape index (κ3) is 1.47. The van der Waals surface area contributed by atoms with Gasteiger partial charge >= 0.3 is 12.4 Å². The summed E-state index contributed by atoms with van der Waals surface area (Å²) in [6.45, 7) is 10.8. The van der Waals surface area contributed by atoms with Crippen LogP contribution in [0.4, 0.5) is 26.3 Å². The van der Waals surface area contributed by atoms with Crippen molar-refractivity contribution < 1.29 is 26.3 Å². The van der Waals surface area contributed by atoms with Crippen LogP contribution in [0.3, 0.4) is 0 Å². The fraction of sp³-hybridized carbons (Fsp3) is 0.857. The highest BCUT2D eigenvalue weighted by molar-refractivity contribution is 8.14. The fourth-order valence-corrected chi connectivity index (χ4v) is 17.9. The number of alkyl halides is 6. The van der Waals surface area contributed by atoms with E-state index in [1.807, 2.05) is 0 Å². The molecular formula is C14H18F6P2. The van der Waals surface area contributed by atoms with Crippen molar-refractivity contribution in [2.75, 3.05) is 0 Å². The Morgan fingerprint density at radius 3 is 0.955 bits per heavy atom. The van der Waals surface area contributed by atoms with Gasteiger partial charge < -0.3 is 0 Å². The van der Waals surface area contributed by atoms with Crippen molar-refractivity contribution in [1.82, 2.24) is 0 Å². The van der Waals surface area contributed by atoms with Crippen molar-refractivity contribution in [2.24, 2.45) is 10.8 Å². The van der Waals surface area contributed by atoms with Gasteiger partial charge in [-0.15, -0.1) is 0 Å². The Bertz CT molecular complexity index is 524. The molecule has 126 valence electrons. The highest BCUT2D eigenvalue weighted by Gasteiger charge is 3.09. The van der Waals surface area contributed by atoms with Gasteiger partial charge in [0.1, 0.15) is 0 Å². The number of allylic oxidation sites excluding steroid dienone is 2. The normalized spacial score (nSPS) is 40.9. The smallest absolute Gasteiger partial charge is 0.166 e. The van der Waals surface area contributed by atoms with Crippen molar-refractivity contribution in [3.8, 4) is 0 Å². The molecule has 0 N–H and O–H groups in total. The van der Waals surface area contributed by atoms with E-state index in [0.717, 1.165) is 0 Å². The zero-order chi connectivity index (χ0) is 17.3. The molecule has 4 aliphatic heterocycles. The van der Waals surface area contributed by atoms with Crippen LogP contribution in [-0.4, -0.2) is 22.1 Å². The summed E-state index contributed by atoms with van der Waals surface area (Å²) >= 11 is 0. The first-order valence-corrected chi connectivity index (χ1v) is 9.66. The van der Waals surface area contributed by atoms with Gasteiger partial charge in [0.05, 0.1) is 10.6 Å². The minimum Gasteiger partial charge on any atom is -0.166 e. The van der Waals surface area contributed by atoms with Gasteiger partial charge in [-0.1, -0.05) is 41.5 Å². The van der Waals surface area contributed by atoms with Crippen molar-refractivity contribution in [3.63, 3.8) is 0 Å². The highest BCUT2D eigenvalue weighted by atomic mass is 31.2. The monoisotopic (exact) mass is 362 g/mol. The molecule has 0 saturated carbocycles. The minimum absolute atomic E-state index is 0.540. The van der Waals surface area contributed by atoms with E-state index in [9.17, 15) is 26.3 Å². The first-order valence-electron chi connectivity index (χ1n) is 6.98. The van der Waals surface area contributed by atoms with Crippen molar-refractivity contribution in [1.29, 1.82) is 0 Å². The number of rotatable bonds is 0. The number of halogens is 6. The molecule has 2 bridgehead atoms. The molecule has 0 aliphatic carbocycles. The van der Waals surface area contributed by atoms with Gasteiger partial charge in [0.25, 0.3) is 0 Å². The molecule has 2 saturated heterocycles. The second-order valence-corrected chi connectivity index (χ2v) is 13.8. The van der Waals surface area contributed by atoms with Crippen LogP contribution in [0.2, 0.25) is 0 Å². The van der Waals surface area contributed by atoms with Gasteiger partial charge in [-0.05, 0) is 26.7 Å². The maximum Gasteiger partial charge on any atom is 0.417 e. The summed E-state index contributed by atoms with van der Waals surface area (Å²) < 4.78 is 80.5. The molecule has 0 aromatic heterocycles. The van der Waals surface area contributed by atoms with Crippen LogP contribution in [0.1, 0.15) is 41.5 Å². The molecule has 2 fully saturated rings. The Labute approximate surface area is 128 Å². The topological polar surface area (TPSA) is 0 Å². The van der Waals surface area contributed by atoms with Gasteiger partial charge in [-0.2, -0.15) is 26.3 Å². The van der Waals surface area contributed by atoms with Crippen LogP contribution in [0.5, 0.6) is 0 Å². The quantitative estimate of drug-likeness (QED) is 0.328. The summed E-state index contributed by atoms with van der Waals surface area (Å²) in [6, 6.07) is 0. The standard InChI is InChI=1S/C14H18F6P2/c1-9(2,3)13-14(10(4,5)6)21(13)7(11(15,16)17)8(22(13)14)12(18,19)20/h1-6H3. The third-order valence-corrected chi connectivity index (χ3v) is 15.9. The van der Waals surface area contributed by atoms with Crippen LogP contribution in [0, 0.1) is 10.8 Å². The Hall–Kier alpha value is 0.180.